The van der Waals surface area contributed by atoms with Crippen molar-refractivity contribution in [1.29, 1.82) is 0 Å². The van der Waals surface area contributed by atoms with Crippen LogP contribution in [0.2, 0.25) is 0 Å². The first-order chi connectivity index (χ1) is 10.6. The highest BCUT2D eigenvalue weighted by molar-refractivity contribution is 8.04. The number of amides is 1. The lowest BCUT2D eigenvalue weighted by Crippen LogP contribution is -2.14. The zero-order chi connectivity index (χ0) is 15.9. The number of hydrogen-bond acceptors (Lipinski definition) is 3. The van der Waals surface area contributed by atoms with Crippen LogP contribution in [0.3, 0.4) is 0 Å². The Kier molecular flexibility index (Phi) is 5.67. The Labute approximate surface area is 135 Å². The Bertz CT molecular complexity index is 663. The SMILES string of the molecule is CO/C(C)=C(\Sc1ccccc1)C(=O)Nc1ccc(C)cc1. The Morgan fingerprint density at radius 3 is 2.27 bits per heavy atom. The summed E-state index contributed by atoms with van der Waals surface area (Å²) in [5, 5.41) is 2.91. The van der Waals surface area contributed by atoms with Gasteiger partial charge in [0.05, 0.1) is 7.11 Å². The van der Waals surface area contributed by atoms with Gasteiger partial charge in [0.25, 0.3) is 5.91 Å². The minimum Gasteiger partial charge on any atom is -0.500 e. The summed E-state index contributed by atoms with van der Waals surface area (Å²) in [6, 6.07) is 17.5. The van der Waals surface area contributed by atoms with Gasteiger partial charge in [-0.3, -0.25) is 4.79 Å². The summed E-state index contributed by atoms with van der Waals surface area (Å²) in [4.78, 5) is 14.1. The summed E-state index contributed by atoms with van der Waals surface area (Å²) in [7, 11) is 1.57. The van der Waals surface area contributed by atoms with Crippen LogP contribution in [0.25, 0.3) is 0 Å². The minimum atomic E-state index is -0.169. The molecule has 0 bridgehead atoms. The van der Waals surface area contributed by atoms with Crippen LogP contribution in [-0.4, -0.2) is 13.0 Å². The molecule has 0 saturated carbocycles. The number of anilines is 1. The van der Waals surface area contributed by atoms with E-state index in [1.807, 2.05) is 61.5 Å². The molecule has 2 aromatic rings. The molecule has 2 rings (SSSR count). The Morgan fingerprint density at radius 2 is 1.68 bits per heavy atom. The molecule has 0 unspecified atom stereocenters. The van der Waals surface area contributed by atoms with Gasteiger partial charge in [-0.2, -0.15) is 0 Å². The molecule has 0 aliphatic rings. The predicted octanol–water partition coefficient (Wildman–Crippen LogP) is 4.60. The van der Waals surface area contributed by atoms with Crippen molar-refractivity contribution < 1.29 is 9.53 Å². The second kappa shape index (κ2) is 7.71. The number of allylic oxidation sites excluding steroid dienone is 1. The maximum Gasteiger partial charge on any atom is 0.265 e. The number of ether oxygens (including phenoxy) is 1. The third-order valence-electron chi connectivity index (χ3n) is 3.10. The first kappa shape index (κ1) is 16.2. The van der Waals surface area contributed by atoms with E-state index in [2.05, 4.69) is 5.32 Å². The van der Waals surface area contributed by atoms with E-state index in [0.29, 0.717) is 10.7 Å². The summed E-state index contributed by atoms with van der Waals surface area (Å²) >= 11 is 1.39. The molecule has 3 nitrogen and oxygen atoms in total. The fourth-order valence-corrected chi connectivity index (χ4v) is 2.70. The van der Waals surface area contributed by atoms with Gasteiger partial charge in [0, 0.05) is 10.6 Å². The number of aryl methyl sites for hydroxylation is 1. The molecule has 0 aliphatic heterocycles. The van der Waals surface area contributed by atoms with E-state index in [0.717, 1.165) is 16.1 Å². The maximum absolute atomic E-state index is 12.5. The van der Waals surface area contributed by atoms with Crippen LogP contribution >= 0.6 is 11.8 Å². The molecule has 0 fully saturated rings. The molecule has 4 heteroatoms. The Balaban J connectivity index is 2.19. The molecular formula is C18H19NO2S. The molecule has 0 aromatic heterocycles. The van der Waals surface area contributed by atoms with Gasteiger partial charge in [0.2, 0.25) is 0 Å². The van der Waals surface area contributed by atoms with Gasteiger partial charge in [-0.15, -0.1) is 0 Å². The maximum atomic E-state index is 12.5. The average molecular weight is 313 g/mol. The van der Waals surface area contributed by atoms with Crippen molar-refractivity contribution in [2.75, 3.05) is 12.4 Å². The second-order valence-corrected chi connectivity index (χ2v) is 5.91. The van der Waals surface area contributed by atoms with Gasteiger partial charge < -0.3 is 10.1 Å². The van der Waals surface area contributed by atoms with Gasteiger partial charge in [0.15, 0.2) is 0 Å². The molecular weight excluding hydrogens is 294 g/mol. The topological polar surface area (TPSA) is 38.3 Å². The second-order valence-electron chi connectivity index (χ2n) is 4.82. The summed E-state index contributed by atoms with van der Waals surface area (Å²) < 4.78 is 5.26. The summed E-state index contributed by atoms with van der Waals surface area (Å²) in [6.07, 6.45) is 0. The summed E-state index contributed by atoms with van der Waals surface area (Å²) in [6.45, 7) is 3.80. The number of methoxy groups -OCH3 is 1. The first-order valence-electron chi connectivity index (χ1n) is 6.96. The molecule has 0 saturated heterocycles. The molecule has 0 heterocycles. The van der Waals surface area contributed by atoms with E-state index in [-0.39, 0.29) is 5.91 Å². The lowest BCUT2D eigenvalue weighted by molar-refractivity contribution is -0.112. The number of carbonyl (C=O) groups is 1. The quantitative estimate of drug-likeness (QED) is 0.498. The highest BCUT2D eigenvalue weighted by atomic mass is 32.2. The number of rotatable bonds is 5. The van der Waals surface area contributed by atoms with Crippen LogP contribution < -0.4 is 5.32 Å². The van der Waals surface area contributed by atoms with E-state index in [1.54, 1.807) is 14.0 Å². The van der Waals surface area contributed by atoms with Crippen molar-refractivity contribution in [3.05, 3.63) is 70.8 Å². The van der Waals surface area contributed by atoms with Crippen LogP contribution in [0.4, 0.5) is 5.69 Å². The van der Waals surface area contributed by atoms with Crippen LogP contribution in [0.1, 0.15) is 12.5 Å². The molecule has 0 radical (unpaired) electrons. The Morgan fingerprint density at radius 1 is 1.05 bits per heavy atom. The fraction of sp³-hybridized carbons (Fsp3) is 0.167. The zero-order valence-electron chi connectivity index (χ0n) is 12.9. The normalized spacial score (nSPS) is 11.6. The van der Waals surface area contributed by atoms with E-state index in [9.17, 15) is 4.79 Å². The average Bonchev–Trinajstić information content (AvgIpc) is 2.55. The van der Waals surface area contributed by atoms with Crippen molar-refractivity contribution in [3.8, 4) is 0 Å². The third kappa shape index (κ3) is 4.40. The molecule has 0 atom stereocenters. The molecule has 1 amide bonds. The zero-order valence-corrected chi connectivity index (χ0v) is 13.7. The smallest absolute Gasteiger partial charge is 0.265 e. The predicted molar refractivity (Wildman–Crippen MR) is 91.8 cm³/mol. The molecule has 22 heavy (non-hydrogen) atoms. The van der Waals surface area contributed by atoms with Crippen LogP contribution in [0, 0.1) is 6.92 Å². The highest BCUT2D eigenvalue weighted by Crippen LogP contribution is 2.30. The molecule has 0 aliphatic carbocycles. The number of nitrogens with one attached hydrogen (secondary N) is 1. The lowest BCUT2D eigenvalue weighted by atomic mass is 10.2. The number of hydrogen-bond donors (Lipinski definition) is 1. The third-order valence-corrected chi connectivity index (χ3v) is 4.29. The van der Waals surface area contributed by atoms with Crippen molar-refractivity contribution in [3.63, 3.8) is 0 Å². The summed E-state index contributed by atoms with van der Waals surface area (Å²) in [5.74, 6) is 0.426. The van der Waals surface area contributed by atoms with Crippen LogP contribution in [0.15, 0.2) is 70.2 Å². The molecule has 2 aromatic carbocycles. The van der Waals surface area contributed by atoms with Crippen molar-refractivity contribution in [1.82, 2.24) is 0 Å². The minimum absolute atomic E-state index is 0.169. The van der Waals surface area contributed by atoms with Crippen LogP contribution in [-0.2, 0) is 9.53 Å². The van der Waals surface area contributed by atoms with Crippen molar-refractivity contribution >= 4 is 23.4 Å². The summed E-state index contributed by atoms with van der Waals surface area (Å²) in [5.41, 5.74) is 1.92. The standard InChI is InChI=1S/C18H19NO2S/c1-13-9-11-15(12-10-13)19-18(20)17(14(2)21-3)22-16-7-5-4-6-8-16/h4-12H,1-3H3,(H,19,20)/b17-14-. The largest absolute Gasteiger partial charge is 0.500 e. The van der Waals surface area contributed by atoms with E-state index in [1.165, 1.54) is 11.8 Å². The van der Waals surface area contributed by atoms with E-state index >= 15 is 0 Å². The molecule has 0 spiro atoms. The van der Waals surface area contributed by atoms with Crippen molar-refractivity contribution in [2.45, 2.75) is 18.7 Å². The number of thioether (sulfide) groups is 1. The number of benzene rings is 2. The van der Waals surface area contributed by atoms with E-state index < -0.39 is 0 Å². The molecule has 1 N–H and O–H groups in total. The monoisotopic (exact) mass is 313 g/mol. The fourth-order valence-electron chi connectivity index (χ4n) is 1.80. The van der Waals surface area contributed by atoms with Gasteiger partial charge >= 0.3 is 0 Å². The van der Waals surface area contributed by atoms with Gasteiger partial charge in [-0.25, -0.2) is 0 Å². The lowest BCUT2D eigenvalue weighted by Gasteiger charge is -2.12. The van der Waals surface area contributed by atoms with Gasteiger partial charge in [-0.05, 0) is 38.1 Å². The Hall–Kier alpha value is -2.20. The highest BCUT2D eigenvalue weighted by Gasteiger charge is 2.16. The van der Waals surface area contributed by atoms with E-state index in [4.69, 9.17) is 4.74 Å². The van der Waals surface area contributed by atoms with Gasteiger partial charge in [-0.1, -0.05) is 47.7 Å². The van der Waals surface area contributed by atoms with Crippen LogP contribution in [0.5, 0.6) is 0 Å². The van der Waals surface area contributed by atoms with Crippen molar-refractivity contribution in [2.24, 2.45) is 0 Å². The first-order valence-corrected chi connectivity index (χ1v) is 7.77. The molecule has 114 valence electrons. The van der Waals surface area contributed by atoms with Gasteiger partial charge in [0.1, 0.15) is 10.7 Å². The number of carbonyl (C=O) groups excluding carboxylic acids is 1.